The molecular formula is C18H23N3O3S. The number of ether oxygens (including phenoxy) is 2. The molecule has 3 aliphatic heterocycles. The molecule has 4 rings (SSSR count). The van der Waals surface area contributed by atoms with Crippen LogP contribution < -0.4 is 0 Å². The van der Waals surface area contributed by atoms with Gasteiger partial charge >= 0.3 is 0 Å². The molecule has 0 N–H and O–H groups in total. The Labute approximate surface area is 152 Å². The maximum atomic E-state index is 12.4. The first-order valence-electron chi connectivity index (χ1n) is 8.91. The van der Waals surface area contributed by atoms with Crippen molar-refractivity contribution in [2.24, 2.45) is 15.9 Å². The highest BCUT2D eigenvalue weighted by Gasteiger charge is 2.29. The number of amidine groups is 1. The minimum absolute atomic E-state index is 0.0962. The Balaban J connectivity index is 1.44. The molecule has 0 radical (unpaired) electrons. The van der Waals surface area contributed by atoms with E-state index in [-0.39, 0.29) is 11.8 Å². The largest absolute Gasteiger partial charge is 0.381 e. The molecule has 1 atom stereocenters. The van der Waals surface area contributed by atoms with E-state index < -0.39 is 0 Å². The summed E-state index contributed by atoms with van der Waals surface area (Å²) in [5, 5.41) is 0.579. The average molecular weight is 361 g/mol. The Morgan fingerprint density at radius 3 is 2.68 bits per heavy atom. The fourth-order valence-electron chi connectivity index (χ4n) is 3.38. The zero-order valence-corrected chi connectivity index (χ0v) is 15.0. The van der Waals surface area contributed by atoms with E-state index >= 15 is 0 Å². The average Bonchev–Trinajstić information content (AvgIpc) is 2.67. The van der Waals surface area contributed by atoms with E-state index in [9.17, 15) is 4.79 Å². The molecule has 2 saturated heterocycles. The van der Waals surface area contributed by atoms with E-state index in [2.05, 4.69) is 9.89 Å². The second kappa shape index (κ2) is 7.85. The monoisotopic (exact) mass is 361 g/mol. The molecule has 0 aromatic rings. The van der Waals surface area contributed by atoms with Crippen LogP contribution in [0.15, 0.2) is 33.9 Å². The summed E-state index contributed by atoms with van der Waals surface area (Å²) in [4.78, 5) is 23.5. The van der Waals surface area contributed by atoms with Gasteiger partial charge in [-0.2, -0.15) is 16.8 Å². The SMILES string of the molecule is O=C1N=C(CSC2CCOCC2)N=C2C=C(N3CCOCC3)C=CC12. The minimum Gasteiger partial charge on any atom is -0.381 e. The van der Waals surface area contributed by atoms with Gasteiger partial charge in [0.1, 0.15) is 11.8 Å². The van der Waals surface area contributed by atoms with Crippen molar-refractivity contribution in [3.05, 3.63) is 23.9 Å². The molecule has 0 aromatic heterocycles. The normalized spacial score (nSPS) is 27.5. The highest BCUT2D eigenvalue weighted by molar-refractivity contribution is 8.00. The molecule has 134 valence electrons. The second-order valence-electron chi connectivity index (χ2n) is 6.53. The Kier molecular flexibility index (Phi) is 5.33. The third-order valence-corrected chi connectivity index (χ3v) is 6.20. The number of aliphatic imine (C=N–C) groups is 2. The van der Waals surface area contributed by atoms with E-state index in [4.69, 9.17) is 14.5 Å². The lowest BCUT2D eigenvalue weighted by molar-refractivity contribution is -0.118. The van der Waals surface area contributed by atoms with Crippen LogP contribution >= 0.6 is 11.8 Å². The lowest BCUT2D eigenvalue weighted by Gasteiger charge is -2.32. The van der Waals surface area contributed by atoms with Crippen LogP contribution in [0.25, 0.3) is 0 Å². The number of amides is 1. The summed E-state index contributed by atoms with van der Waals surface area (Å²) >= 11 is 1.84. The van der Waals surface area contributed by atoms with Crippen molar-refractivity contribution in [2.75, 3.05) is 45.3 Å². The van der Waals surface area contributed by atoms with Crippen LogP contribution in [-0.4, -0.2) is 72.9 Å². The van der Waals surface area contributed by atoms with E-state index in [1.54, 1.807) is 0 Å². The minimum atomic E-state index is -0.318. The van der Waals surface area contributed by atoms with Crippen LogP contribution in [-0.2, 0) is 14.3 Å². The summed E-state index contributed by atoms with van der Waals surface area (Å²) < 4.78 is 10.8. The topological polar surface area (TPSA) is 63.5 Å². The summed E-state index contributed by atoms with van der Waals surface area (Å²) in [6.07, 6.45) is 8.12. The van der Waals surface area contributed by atoms with Gasteiger partial charge in [-0.3, -0.25) is 4.79 Å². The molecule has 4 aliphatic rings. The highest BCUT2D eigenvalue weighted by atomic mass is 32.2. The third-order valence-electron chi connectivity index (χ3n) is 4.83. The van der Waals surface area contributed by atoms with Gasteiger partial charge in [0.2, 0.25) is 0 Å². The van der Waals surface area contributed by atoms with Crippen molar-refractivity contribution in [3.63, 3.8) is 0 Å². The quantitative estimate of drug-likeness (QED) is 0.762. The number of carbonyl (C=O) groups excluding carboxylic acids is 1. The summed E-state index contributed by atoms with van der Waals surface area (Å²) in [5.41, 5.74) is 1.94. The van der Waals surface area contributed by atoms with Crippen LogP contribution in [0.1, 0.15) is 12.8 Å². The first kappa shape index (κ1) is 17.0. The van der Waals surface area contributed by atoms with Crippen molar-refractivity contribution in [1.29, 1.82) is 0 Å². The van der Waals surface area contributed by atoms with Crippen molar-refractivity contribution >= 4 is 29.2 Å². The van der Waals surface area contributed by atoms with Crippen molar-refractivity contribution in [2.45, 2.75) is 18.1 Å². The van der Waals surface area contributed by atoms with Crippen molar-refractivity contribution < 1.29 is 14.3 Å². The van der Waals surface area contributed by atoms with Gasteiger partial charge in [0, 0.05) is 37.3 Å². The first-order chi connectivity index (χ1) is 12.3. The summed E-state index contributed by atoms with van der Waals surface area (Å²) in [7, 11) is 0. The van der Waals surface area contributed by atoms with Gasteiger partial charge < -0.3 is 14.4 Å². The Bertz CT molecular complexity index is 644. The van der Waals surface area contributed by atoms with E-state index in [0.29, 0.717) is 16.8 Å². The lowest BCUT2D eigenvalue weighted by Crippen LogP contribution is -2.37. The molecule has 0 spiro atoms. The zero-order valence-electron chi connectivity index (χ0n) is 14.2. The molecule has 0 bridgehead atoms. The number of rotatable bonds is 4. The molecule has 2 fully saturated rings. The number of fused-ring (bicyclic) bond motifs is 1. The van der Waals surface area contributed by atoms with Gasteiger partial charge in [0.15, 0.2) is 0 Å². The van der Waals surface area contributed by atoms with Gasteiger partial charge in [-0.1, -0.05) is 6.08 Å². The van der Waals surface area contributed by atoms with E-state index in [0.717, 1.165) is 63.8 Å². The number of nitrogens with zero attached hydrogens (tertiary/aromatic N) is 3. The van der Waals surface area contributed by atoms with Gasteiger partial charge in [0.05, 0.1) is 24.7 Å². The maximum Gasteiger partial charge on any atom is 0.260 e. The molecule has 0 aromatic carbocycles. The second-order valence-corrected chi connectivity index (χ2v) is 7.82. The van der Waals surface area contributed by atoms with Gasteiger partial charge in [-0.25, -0.2) is 4.99 Å². The maximum absolute atomic E-state index is 12.4. The van der Waals surface area contributed by atoms with Crippen LogP contribution in [0.3, 0.4) is 0 Å². The number of thioether (sulfide) groups is 1. The Hall–Kier alpha value is -1.44. The molecule has 0 saturated carbocycles. The molecular weight excluding hydrogens is 338 g/mol. The van der Waals surface area contributed by atoms with Gasteiger partial charge in [-0.05, 0) is 25.0 Å². The molecule has 6 nitrogen and oxygen atoms in total. The molecule has 7 heteroatoms. The number of allylic oxidation sites excluding steroid dienone is 2. The number of carbonyl (C=O) groups is 1. The smallest absolute Gasteiger partial charge is 0.260 e. The van der Waals surface area contributed by atoms with Gasteiger partial charge in [0.25, 0.3) is 5.91 Å². The molecule has 1 aliphatic carbocycles. The fraction of sp³-hybridized carbons (Fsp3) is 0.611. The van der Waals surface area contributed by atoms with Gasteiger partial charge in [-0.15, -0.1) is 0 Å². The summed E-state index contributed by atoms with van der Waals surface area (Å²) in [6, 6.07) is 0. The van der Waals surface area contributed by atoms with E-state index in [1.165, 1.54) is 0 Å². The fourth-order valence-corrected chi connectivity index (χ4v) is 4.42. The Morgan fingerprint density at radius 1 is 1.12 bits per heavy atom. The number of morpholine rings is 1. The van der Waals surface area contributed by atoms with Crippen LogP contribution in [0.4, 0.5) is 0 Å². The van der Waals surface area contributed by atoms with Crippen LogP contribution in [0, 0.1) is 5.92 Å². The molecule has 1 amide bonds. The Morgan fingerprint density at radius 2 is 1.88 bits per heavy atom. The van der Waals surface area contributed by atoms with Crippen molar-refractivity contribution in [1.82, 2.24) is 4.90 Å². The van der Waals surface area contributed by atoms with Crippen LogP contribution in [0.5, 0.6) is 0 Å². The lowest BCUT2D eigenvalue weighted by atomic mass is 9.94. The molecule has 3 heterocycles. The zero-order chi connectivity index (χ0) is 17.1. The molecule has 1 unspecified atom stereocenters. The third kappa shape index (κ3) is 4.04. The standard InChI is InChI=1S/C18H23N3O3S/c22-18-15-2-1-13(21-5-9-24-10-6-21)11-16(15)19-17(20-18)12-25-14-3-7-23-8-4-14/h1-2,11,14-15H,3-10,12H2. The summed E-state index contributed by atoms with van der Waals surface area (Å²) in [6.45, 7) is 4.90. The number of hydrogen-bond donors (Lipinski definition) is 0. The predicted molar refractivity (Wildman–Crippen MR) is 99.3 cm³/mol. The predicted octanol–water partition coefficient (Wildman–Crippen LogP) is 1.68. The number of hydrogen-bond acceptors (Lipinski definition) is 6. The molecule has 25 heavy (non-hydrogen) atoms. The summed E-state index contributed by atoms with van der Waals surface area (Å²) in [5.74, 6) is 0.931. The van der Waals surface area contributed by atoms with Crippen molar-refractivity contribution in [3.8, 4) is 0 Å². The first-order valence-corrected chi connectivity index (χ1v) is 9.96. The van der Waals surface area contributed by atoms with E-state index in [1.807, 2.05) is 30.0 Å². The van der Waals surface area contributed by atoms with Crippen LogP contribution in [0.2, 0.25) is 0 Å². The highest BCUT2D eigenvalue weighted by Crippen LogP contribution is 2.25.